The number of benzene rings is 2. The molecule has 4 nitrogen and oxygen atoms in total. The number of carbonyl (C=O) groups is 2. The summed E-state index contributed by atoms with van der Waals surface area (Å²) >= 11 is 0. The minimum atomic E-state index is 0.109. The third kappa shape index (κ3) is 4.34. The minimum absolute atomic E-state index is 0.109. The van der Waals surface area contributed by atoms with Crippen molar-refractivity contribution in [2.75, 3.05) is 32.7 Å². The summed E-state index contributed by atoms with van der Waals surface area (Å²) in [6, 6.07) is 17.1. The zero-order chi connectivity index (χ0) is 17.6. The molecule has 130 valence electrons. The SMILES string of the molecule is Cc1ccccc1C(=O)N1CCN(CCC(=O)c2ccccc2)CC1. The van der Waals surface area contributed by atoms with Crippen LogP contribution in [0.15, 0.2) is 54.6 Å². The Kier molecular flexibility index (Phi) is 5.61. The molecule has 1 amide bonds. The Labute approximate surface area is 149 Å². The van der Waals surface area contributed by atoms with Gasteiger partial charge in [-0.05, 0) is 18.6 Å². The fraction of sp³-hybridized carbons (Fsp3) is 0.333. The normalized spacial score (nSPS) is 15.2. The summed E-state index contributed by atoms with van der Waals surface area (Å²) < 4.78 is 0. The van der Waals surface area contributed by atoms with Gasteiger partial charge in [0, 0.05) is 50.3 Å². The third-order valence-electron chi connectivity index (χ3n) is 4.79. The van der Waals surface area contributed by atoms with Crippen molar-refractivity contribution >= 4 is 11.7 Å². The lowest BCUT2D eigenvalue weighted by atomic mass is 10.1. The van der Waals surface area contributed by atoms with Crippen LogP contribution >= 0.6 is 0 Å². The number of hydrogen-bond donors (Lipinski definition) is 0. The van der Waals surface area contributed by atoms with E-state index in [1.165, 1.54) is 0 Å². The number of rotatable bonds is 5. The molecule has 1 fully saturated rings. The predicted molar refractivity (Wildman–Crippen MR) is 98.9 cm³/mol. The monoisotopic (exact) mass is 336 g/mol. The highest BCUT2D eigenvalue weighted by Crippen LogP contribution is 2.13. The molecule has 2 aromatic carbocycles. The second kappa shape index (κ2) is 8.08. The van der Waals surface area contributed by atoms with Gasteiger partial charge in [0.2, 0.25) is 0 Å². The Morgan fingerprint density at radius 2 is 1.52 bits per heavy atom. The van der Waals surface area contributed by atoms with Crippen LogP contribution in [0.25, 0.3) is 0 Å². The summed E-state index contributed by atoms with van der Waals surface area (Å²) in [5, 5.41) is 0. The molecule has 1 saturated heterocycles. The molecule has 0 unspecified atom stereocenters. The van der Waals surface area contributed by atoms with Gasteiger partial charge in [-0.3, -0.25) is 14.5 Å². The molecule has 1 heterocycles. The van der Waals surface area contributed by atoms with Crippen LogP contribution in [0.4, 0.5) is 0 Å². The minimum Gasteiger partial charge on any atom is -0.336 e. The van der Waals surface area contributed by atoms with E-state index >= 15 is 0 Å². The highest BCUT2D eigenvalue weighted by atomic mass is 16.2. The number of nitrogens with zero attached hydrogens (tertiary/aromatic N) is 2. The molecule has 0 atom stereocenters. The van der Waals surface area contributed by atoms with Crippen LogP contribution in [-0.2, 0) is 0 Å². The van der Waals surface area contributed by atoms with Gasteiger partial charge in [0.25, 0.3) is 5.91 Å². The molecule has 0 N–H and O–H groups in total. The summed E-state index contributed by atoms with van der Waals surface area (Å²) in [4.78, 5) is 29.0. The van der Waals surface area contributed by atoms with Crippen molar-refractivity contribution in [3.8, 4) is 0 Å². The van der Waals surface area contributed by atoms with Crippen molar-refractivity contribution in [1.29, 1.82) is 0 Å². The number of piperazine rings is 1. The number of ketones is 1. The van der Waals surface area contributed by atoms with Crippen molar-refractivity contribution in [3.05, 3.63) is 71.3 Å². The van der Waals surface area contributed by atoms with E-state index in [0.717, 1.165) is 36.3 Å². The molecular formula is C21H24N2O2. The van der Waals surface area contributed by atoms with Gasteiger partial charge in [0.1, 0.15) is 0 Å². The van der Waals surface area contributed by atoms with E-state index in [4.69, 9.17) is 0 Å². The van der Waals surface area contributed by atoms with Crippen LogP contribution in [0.1, 0.15) is 32.7 Å². The standard InChI is InChI=1S/C21H24N2O2/c1-17-7-5-6-10-19(17)21(25)23-15-13-22(14-16-23)12-11-20(24)18-8-3-2-4-9-18/h2-10H,11-16H2,1H3. The molecule has 0 aromatic heterocycles. The maximum Gasteiger partial charge on any atom is 0.254 e. The Morgan fingerprint density at radius 3 is 2.20 bits per heavy atom. The van der Waals surface area contributed by atoms with Gasteiger partial charge < -0.3 is 4.90 Å². The van der Waals surface area contributed by atoms with E-state index in [1.54, 1.807) is 0 Å². The molecular weight excluding hydrogens is 312 g/mol. The summed E-state index contributed by atoms with van der Waals surface area (Å²) in [6.07, 6.45) is 0.524. The molecule has 2 aromatic rings. The van der Waals surface area contributed by atoms with E-state index in [9.17, 15) is 9.59 Å². The summed E-state index contributed by atoms with van der Waals surface area (Å²) in [6.45, 7) is 5.79. The fourth-order valence-electron chi connectivity index (χ4n) is 3.19. The van der Waals surface area contributed by atoms with Crippen molar-refractivity contribution in [2.45, 2.75) is 13.3 Å². The second-order valence-electron chi connectivity index (χ2n) is 6.49. The van der Waals surface area contributed by atoms with Crippen molar-refractivity contribution in [2.24, 2.45) is 0 Å². The average Bonchev–Trinajstić information content (AvgIpc) is 2.67. The molecule has 25 heavy (non-hydrogen) atoms. The van der Waals surface area contributed by atoms with Crippen LogP contribution in [0.2, 0.25) is 0 Å². The Balaban J connectivity index is 1.48. The quantitative estimate of drug-likeness (QED) is 0.788. The highest BCUT2D eigenvalue weighted by Gasteiger charge is 2.23. The zero-order valence-corrected chi connectivity index (χ0v) is 14.6. The van der Waals surface area contributed by atoms with Gasteiger partial charge in [-0.2, -0.15) is 0 Å². The highest BCUT2D eigenvalue weighted by molar-refractivity contribution is 5.96. The zero-order valence-electron chi connectivity index (χ0n) is 14.6. The van der Waals surface area contributed by atoms with Crippen molar-refractivity contribution < 1.29 is 9.59 Å². The first kappa shape index (κ1) is 17.4. The largest absolute Gasteiger partial charge is 0.336 e. The number of aryl methyl sites for hydroxylation is 1. The first-order valence-electron chi connectivity index (χ1n) is 8.80. The van der Waals surface area contributed by atoms with Gasteiger partial charge in [-0.1, -0.05) is 48.5 Å². The molecule has 0 saturated carbocycles. The number of carbonyl (C=O) groups excluding carboxylic acids is 2. The smallest absolute Gasteiger partial charge is 0.254 e. The summed E-state index contributed by atoms with van der Waals surface area (Å²) in [7, 11) is 0. The first-order valence-corrected chi connectivity index (χ1v) is 8.80. The lowest BCUT2D eigenvalue weighted by Crippen LogP contribution is -2.49. The maximum absolute atomic E-state index is 12.6. The molecule has 0 aliphatic carbocycles. The molecule has 1 aliphatic rings. The van der Waals surface area contributed by atoms with E-state index in [0.29, 0.717) is 19.5 Å². The summed E-state index contributed by atoms with van der Waals surface area (Å²) in [5.41, 5.74) is 2.58. The van der Waals surface area contributed by atoms with Gasteiger partial charge in [0.15, 0.2) is 5.78 Å². The lowest BCUT2D eigenvalue weighted by Gasteiger charge is -2.34. The number of Topliss-reactive ketones (excluding diaryl/α,β-unsaturated/α-hetero) is 1. The van der Waals surface area contributed by atoms with Gasteiger partial charge >= 0.3 is 0 Å². The van der Waals surface area contributed by atoms with E-state index in [1.807, 2.05) is 66.4 Å². The average molecular weight is 336 g/mol. The predicted octanol–water partition coefficient (Wildman–Crippen LogP) is 3.03. The third-order valence-corrected chi connectivity index (χ3v) is 4.79. The van der Waals surface area contributed by atoms with Gasteiger partial charge in [-0.15, -0.1) is 0 Å². The molecule has 1 aliphatic heterocycles. The molecule has 4 heteroatoms. The van der Waals surface area contributed by atoms with Crippen LogP contribution in [0, 0.1) is 6.92 Å². The van der Waals surface area contributed by atoms with Gasteiger partial charge in [-0.25, -0.2) is 0 Å². The fourth-order valence-corrected chi connectivity index (χ4v) is 3.19. The van der Waals surface area contributed by atoms with Crippen LogP contribution in [0.3, 0.4) is 0 Å². The van der Waals surface area contributed by atoms with E-state index < -0.39 is 0 Å². The number of hydrogen-bond acceptors (Lipinski definition) is 3. The van der Waals surface area contributed by atoms with E-state index in [2.05, 4.69) is 4.90 Å². The van der Waals surface area contributed by atoms with Gasteiger partial charge in [0.05, 0.1) is 0 Å². The Hall–Kier alpha value is -2.46. The van der Waals surface area contributed by atoms with Crippen LogP contribution in [0.5, 0.6) is 0 Å². The Bertz CT molecular complexity index is 735. The topological polar surface area (TPSA) is 40.6 Å². The molecule has 0 spiro atoms. The molecule has 0 radical (unpaired) electrons. The molecule has 0 bridgehead atoms. The van der Waals surface area contributed by atoms with Crippen LogP contribution in [-0.4, -0.2) is 54.2 Å². The first-order chi connectivity index (χ1) is 12.1. The van der Waals surface area contributed by atoms with Crippen molar-refractivity contribution in [3.63, 3.8) is 0 Å². The maximum atomic E-state index is 12.6. The Morgan fingerprint density at radius 1 is 0.880 bits per heavy atom. The number of amides is 1. The van der Waals surface area contributed by atoms with E-state index in [-0.39, 0.29) is 11.7 Å². The molecule has 3 rings (SSSR count). The van der Waals surface area contributed by atoms with Crippen molar-refractivity contribution in [1.82, 2.24) is 9.80 Å². The summed E-state index contributed by atoms with van der Waals surface area (Å²) in [5.74, 6) is 0.289. The lowest BCUT2D eigenvalue weighted by molar-refractivity contribution is 0.0627. The second-order valence-corrected chi connectivity index (χ2v) is 6.49. The van der Waals surface area contributed by atoms with Crippen LogP contribution < -0.4 is 0 Å².